The summed E-state index contributed by atoms with van der Waals surface area (Å²) in [6.07, 6.45) is 3.90. The highest BCUT2D eigenvalue weighted by atomic mass is 16.7. The Morgan fingerprint density at radius 1 is 1.21 bits per heavy atom. The van der Waals surface area contributed by atoms with Crippen LogP contribution in [0.25, 0.3) is 0 Å². The molecule has 1 aromatic rings. The first-order valence-corrected chi connectivity index (χ1v) is 6.36. The second-order valence-electron chi connectivity index (χ2n) is 6.20. The zero-order chi connectivity index (χ0) is 14.5. The maximum absolute atomic E-state index is 9.31. The Bertz CT molecular complexity index is 459. The average molecular weight is 267 g/mol. The monoisotopic (exact) mass is 267 g/mol. The van der Waals surface area contributed by atoms with E-state index in [1.54, 1.807) is 19.3 Å². The molecule has 0 aliphatic heterocycles. The van der Waals surface area contributed by atoms with Crippen LogP contribution in [0.15, 0.2) is 12.4 Å². The smallest absolute Gasteiger partial charge is 0.281 e. The zero-order valence-electron chi connectivity index (χ0n) is 11.5. The average Bonchev–Trinajstić information content (AvgIpc) is 2.25. The number of nitrogens with zero attached hydrogens (tertiary/aromatic N) is 2. The standard InChI is InChI=1S/C13H21N3O3/c1-8(2)9-4-15-10(16-5-9)12(14)6-11(3,7-12)13(17,18)19/h4-5,8,17-19H,6-7,14H2,1-3H3. The van der Waals surface area contributed by atoms with Gasteiger partial charge in [0, 0.05) is 12.4 Å². The summed E-state index contributed by atoms with van der Waals surface area (Å²) in [6, 6.07) is 0. The molecule has 5 N–H and O–H groups in total. The Kier molecular flexibility index (Phi) is 3.17. The van der Waals surface area contributed by atoms with Crippen molar-refractivity contribution >= 4 is 0 Å². The molecule has 0 radical (unpaired) electrons. The van der Waals surface area contributed by atoms with Crippen LogP contribution in [-0.4, -0.2) is 31.3 Å². The molecule has 6 heteroatoms. The molecule has 19 heavy (non-hydrogen) atoms. The topological polar surface area (TPSA) is 112 Å². The first-order valence-electron chi connectivity index (χ1n) is 6.36. The van der Waals surface area contributed by atoms with Crippen LogP contribution in [-0.2, 0) is 5.54 Å². The molecule has 1 saturated carbocycles. The van der Waals surface area contributed by atoms with Crippen molar-refractivity contribution in [2.24, 2.45) is 11.1 Å². The van der Waals surface area contributed by atoms with Crippen LogP contribution in [0.2, 0.25) is 0 Å². The van der Waals surface area contributed by atoms with Crippen molar-refractivity contribution in [2.75, 3.05) is 0 Å². The SMILES string of the molecule is CC(C)c1cnc(C2(N)CC(C)(C(O)(O)O)C2)nc1. The fraction of sp³-hybridized carbons (Fsp3) is 0.692. The van der Waals surface area contributed by atoms with Gasteiger partial charge in [-0.15, -0.1) is 0 Å². The van der Waals surface area contributed by atoms with Gasteiger partial charge in [-0.05, 0) is 24.3 Å². The maximum Gasteiger partial charge on any atom is 0.281 e. The summed E-state index contributed by atoms with van der Waals surface area (Å²) >= 11 is 0. The van der Waals surface area contributed by atoms with Gasteiger partial charge in [0.05, 0.1) is 11.0 Å². The number of hydrogen-bond donors (Lipinski definition) is 4. The van der Waals surface area contributed by atoms with E-state index in [9.17, 15) is 15.3 Å². The molecule has 1 aromatic heterocycles. The molecule has 106 valence electrons. The van der Waals surface area contributed by atoms with Crippen molar-refractivity contribution in [2.45, 2.75) is 51.0 Å². The first-order chi connectivity index (χ1) is 8.57. The third-order valence-electron chi connectivity index (χ3n) is 4.00. The Hall–Kier alpha value is -1.08. The lowest BCUT2D eigenvalue weighted by Crippen LogP contribution is -2.64. The molecule has 0 spiro atoms. The van der Waals surface area contributed by atoms with Crippen LogP contribution in [0.1, 0.15) is 50.9 Å². The van der Waals surface area contributed by atoms with E-state index in [0.29, 0.717) is 11.7 Å². The molecule has 1 aliphatic carbocycles. The molecule has 0 aromatic carbocycles. The number of aromatic nitrogens is 2. The van der Waals surface area contributed by atoms with E-state index in [4.69, 9.17) is 5.73 Å². The second kappa shape index (κ2) is 4.21. The van der Waals surface area contributed by atoms with E-state index in [1.807, 2.05) is 0 Å². The summed E-state index contributed by atoms with van der Waals surface area (Å²) in [7, 11) is 0. The molecule has 0 atom stereocenters. The molecular formula is C13H21N3O3. The van der Waals surface area contributed by atoms with E-state index < -0.39 is 16.9 Å². The van der Waals surface area contributed by atoms with E-state index in [1.165, 1.54) is 0 Å². The summed E-state index contributed by atoms with van der Waals surface area (Å²) in [5.74, 6) is -1.92. The number of aliphatic hydroxyl groups is 3. The highest BCUT2D eigenvalue weighted by Gasteiger charge is 2.61. The number of nitrogens with two attached hydrogens (primary N) is 1. The lowest BCUT2D eigenvalue weighted by Gasteiger charge is -2.54. The normalized spacial score (nSPS) is 31.4. The number of hydrogen-bond acceptors (Lipinski definition) is 6. The molecule has 6 nitrogen and oxygen atoms in total. The Balaban J connectivity index is 2.16. The first kappa shape index (κ1) is 14.3. The van der Waals surface area contributed by atoms with Crippen molar-refractivity contribution in [1.29, 1.82) is 0 Å². The van der Waals surface area contributed by atoms with E-state index >= 15 is 0 Å². The van der Waals surface area contributed by atoms with E-state index in [2.05, 4.69) is 23.8 Å². The molecule has 1 aliphatic rings. The van der Waals surface area contributed by atoms with E-state index in [-0.39, 0.29) is 12.8 Å². The Morgan fingerprint density at radius 3 is 2.05 bits per heavy atom. The summed E-state index contributed by atoms with van der Waals surface area (Å²) in [6.45, 7) is 5.67. The van der Waals surface area contributed by atoms with Crippen LogP contribution < -0.4 is 5.73 Å². The summed E-state index contributed by atoms with van der Waals surface area (Å²) in [4.78, 5) is 8.52. The highest BCUT2D eigenvalue weighted by Crippen LogP contribution is 2.55. The fourth-order valence-electron chi connectivity index (χ4n) is 2.63. The van der Waals surface area contributed by atoms with Gasteiger partial charge in [-0.2, -0.15) is 0 Å². The third-order valence-corrected chi connectivity index (χ3v) is 4.00. The van der Waals surface area contributed by atoms with E-state index in [0.717, 1.165) is 5.56 Å². The zero-order valence-corrected chi connectivity index (χ0v) is 11.5. The van der Waals surface area contributed by atoms with Crippen LogP contribution in [0.5, 0.6) is 0 Å². The van der Waals surface area contributed by atoms with Crippen LogP contribution in [0.4, 0.5) is 0 Å². The Labute approximate surface area is 112 Å². The van der Waals surface area contributed by atoms with Gasteiger partial charge < -0.3 is 21.1 Å². The minimum atomic E-state index is -2.73. The van der Waals surface area contributed by atoms with Gasteiger partial charge >= 0.3 is 0 Å². The second-order valence-corrected chi connectivity index (χ2v) is 6.20. The van der Waals surface area contributed by atoms with Gasteiger partial charge in [-0.1, -0.05) is 20.8 Å². The summed E-state index contributed by atoms with van der Waals surface area (Å²) in [5, 5.41) is 27.9. The lowest BCUT2D eigenvalue weighted by molar-refractivity contribution is -0.394. The molecule has 2 rings (SSSR count). The molecule has 1 fully saturated rings. The minimum Gasteiger partial charge on any atom is -0.343 e. The van der Waals surface area contributed by atoms with Crippen LogP contribution in [0, 0.1) is 5.41 Å². The van der Waals surface area contributed by atoms with Gasteiger partial charge in [-0.3, -0.25) is 0 Å². The maximum atomic E-state index is 9.31. The quantitative estimate of drug-likeness (QED) is 0.581. The summed E-state index contributed by atoms with van der Waals surface area (Å²) < 4.78 is 0. The van der Waals surface area contributed by atoms with Crippen molar-refractivity contribution in [1.82, 2.24) is 9.97 Å². The predicted octanol–water partition coefficient (Wildman–Crippen LogP) is 0.185. The van der Waals surface area contributed by atoms with Crippen LogP contribution >= 0.6 is 0 Å². The largest absolute Gasteiger partial charge is 0.343 e. The summed E-state index contributed by atoms with van der Waals surface area (Å²) in [5.41, 5.74) is 5.32. The molecule has 0 saturated heterocycles. The van der Waals surface area contributed by atoms with Gasteiger partial charge in [0.15, 0.2) is 0 Å². The van der Waals surface area contributed by atoms with Crippen LogP contribution in [0.3, 0.4) is 0 Å². The van der Waals surface area contributed by atoms with Crippen molar-refractivity contribution in [3.63, 3.8) is 0 Å². The van der Waals surface area contributed by atoms with Crippen molar-refractivity contribution in [3.8, 4) is 0 Å². The van der Waals surface area contributed by atoms with Gasteiger partial charge in [-0.25, -0.2) is 9.97 Å². The van der Waals surface area contributed by atoms with Gasteiger partial charge in [0.2, 0.25) is 0 Å². The van der Waals surface area contributed by atoms with Crippen molar-refractivity contribution < 1.29 is 15.3 Å². The van der Waals surface area contributed by atoms with Crippen molar-refractivity contribution in [3.05, 3.63) is 23.8 Å². The molecule has 0 unspecified atom stereocenters. The molecule has 1 heterocycles. The Morgan fingerprint density at radius 2 is 1.68 bits per heavy atom. The third kappa shape index (κ3) is 2.36. The lowest BCUT2D eigenvalue weighted by atomic mass is 9.57. The van der Waals surface area contributed by atoms with Gasteiger partial charge in [0.1, 0.15) is 5.82 Å². The molecular weight excluding hydrogens is 246 g/mol. The molecule has 0 bridgehead atoms. The minimum absolute atomic E-state index is 0.213. The predicted molar refractivity (Wildman–Crippen MR) is 68.7 cm³/mol. The van der Waals surface area contributed by atoms with Gasteiger partial charge in [0.25, 0.3) is 5.97 Å². The number of rotatable bonds is 3. The highest BCUT2D eigenvalue weighted by molar-refractivity contribution is 5.20. The fourth-order valence-corrected chi connectivity index (χ4v) is 2.63. The molecule has 0 amide bonds.